The molecule has 0 radical (unpaired) electrons. The van der Waals surface area contributed by atoms with E-state index in [4.69, 9.17) is 22.6 Å². The molecule has 26 heavy (non-hydrogen) atoms. The molecular weight excluding hydrogens is 351 g/mol. The fourth-order valence-electron chi connectivity index (χ4n) is 3.48. The second-order valence-corrected chi connectivity index (χ2v) is 8.56. The maximum absolute atomic E-state index is 6.37. The Labute approximate surface area is 153 Å². The molecule has 1 aliphatic heterocycles. The van der Waals surface area contributed by atoms with Crippen molar-refractivity contribution in [2.75, 3.05) is 19.8 Å². The van der Waals surface area contributed by atoms with Gasteiger partial charge in [-0.1, -0.05) is 0 Å². The van der Waals surface area contributed by atoms with Crippen molar-refractivity contribution in [3.05, 3.63) is 48.5 Å². The molecule has 1 aliphatic rings. The van der Waals surface area contributed by atoms with Crippen LogP contribution in [0.15, 0.2) is 48.5 Å². The van der Waals surface area contributed by atoms with E-state index in [1.54, 1.807) is 0 Å². The van der Waals surface area contributed by atoms with E-state index >= 15 is 0 Å². The van der Waals surface area contributed by atoms with Crippen molar-refractivity contribution in [2.45, 2.75) is 20.8 Å². The molecule has 4 rings (SSSR count). The summed E-state index contributed by atoms with van der Waals surface area (Å²) >= 11 is 0. The molecular formula is C20H23O5P. The number of hydrogen-bond donors (Lipinski definition) is 0. The van der Waals surface area contributed by atoms with Gasteiger partial charge in [-0.2, -0.15) is 0 Å². The van der Waals surface area contributed by atoms with Gasteiger partial charge in [-0.15, -0.1) is 0 Å². The van der Waals surface area contributed by atoms with Gasteiger partial charge in [-0.3, -0.25) is 0 Å². The van der Waals surface area contributed by atoms with Crippen LogP contribution in [0.2, 0.25) is 0 Å². The Kier molecular flexibility index (Phi) is 4.28. The van der Waals surface area contributed by atoms with Crippen LogP contribution in [0.5, 0.6) is 11.5 Å². The number of rotatable bonds is 6. The van der Waals surface area contributed by atoms with Crippen molar-refractivity contribution >= 4 is 29.3 Å². The zero-order valence-electron chi connectivity index (χ0n) is 15.2. The van der Waals surface area contributed by atoms with Gasteiger partial charge in [0, 0.05) is 0 Å². The summed E-state index contributed by atoms with van der Waals surface area (Å²) in [5.74, 6) is 1.24. The summed E-state index contributed by atoms with van der Waals surface area (Å²) in [6.45, 7) is 6.67. The summed E-state index contributed by atoms with van der Waals surface area (Å²) < 4.78 is 30.7. The molecule has 0 spiro atoms. The number of hydrogen-bond acceptors (Lipinski definition) is 5. The average molecular weight is 374 g/mol. The molecule has 0 fully saturated rings. The zero-order chi connectivity index (χ0) is 18.2. The average Bonchev–Trinajstić information content (AvgIpc) is 2.99. The van der Waals surface area contributed by atoms with Gasteiger partial charge in [0.25, 0.3) is 0 Å². The van der Waals surface area contributed by atoms with Crippen molar-refractivity contribution in [3.8, 4) is 11.5 Å². The second kappa shape index (κ2) is 6.36. The van der Waals surface area contributed by atoms with Gasteiger partial charge in [0.1, 0.15) is 0 Å². The molecule has 0 saturated heterocycles. The van der Waals surface area contributed by atoms with Gasteiger partial charge in [0.05, 0.1) is 0 Å². The third-order valence-corrected chi connectivity index (χ3v) is 7.34. The standard InChI is InChI=1S/C20H23O5P/c1-4-21-26(22-5-2,23-6-3)24-19-17-13-9-7-11-15(17)16-12-8-10-14-18(16)20(19)25-26/h7-14H,4-6H2,1-3H3. The van der Waals surface area contributed by atoms with Gasteiger partial charge in [0.2, 0.25) is 0 Å². The minimum absolute atomic E-state index is 0.349. The van der Waals surface area contributed by atoms with Gasteiger partial charge in [-0.25, -0.2) is 0 Å². The molecule has 138 valence electrons. The summed E-state index contributed by atoms with van der Waals surface area (Å²) in [6, 6.07) is 16.2. The predicted molar refractivity (Wildman–Crippen MR) is 105 cm³/mol. The summed E-state index contributed by atoms with van der Waals surface area (Å²) in [6.07, 6.45) is 0. The Balaban J connectivity index is 2.04. The molecule has 0 unspecified atom stereocenters. The van der Waals surface area contributed by atoms with E-state index in [1.807, 2.05) is 57.2 Å². The Hall–Kier alpha value is -1.91. The van der Waals surface area contributed by atoms with Crippen molar-refractivity contribution in [2.24, 2.45) is 0 Å². The first-order valence-corrected chi connectivity index (χ1v) is 10.8. The van der Waals surface area contributed by atoms with E-state index in [0.717, 1.165) is 21.5 Å². The molecule has 3 aromatic carbocycles. The van der Waals surface area contributed by atoms with Crippen LogP contribution in [0.3, 0.4) is 0 Å². The van der Waals surface area contributed by atoms with E-state index in [1.165, 1.54) is 0 Å². The van der Waals surface area contributed by atoms with E-state index < -0.39 is 7.74 Å². The summed E-state index contributed by atoms with van der Waals surface area (Å²) in [4.78, 5) is 0. The summed E-state index contributed by atoms with van der Waals surface area (Å²) in [5.41, 5.74) is 0. The van der Waals surface area contributed by atoms with E-state index in [-0.39, 0.29) is 0 Å². The Bertz CT molecular complexity index is 882. The van der Waals surface area contributed by atoms with Gasteiger partial charge in [-0.05, 0) is 0 Å². The molecule has 6 heteroatoms. The first-order chi connectivity index (χ1) is 12.7. The fourth-order valence-corrected chi connectivity index (χ4v) is 6.28. The SMILES string of the molecule is CCOP1(OCC)(OCC)Oc2c(c3ccccc3c3ccccc23)O1. The molecule has 0 aromatic heterocycles. The number of benzene rings is 3. The van der Waals surface area contributed by atoms with Crippen LogP contribution in [0, 0.1) is 0 Å². The van der Waals surface area contributed by atoms with Crippen molar-refractivity contribution in [3.63, 3.8) is 0 Å². The van der Waals surface area contributed by atoms with Crippen LogP contribution in [0.1, 0.15) is 20.8 Å². The Morgan fingerprint density at radius 3 is 1.31 bits per heavy atom. The van der Waals surface area contributed by atoms with Gasteiger partial charge >= 0.3 is 153 Å². The van der Waals surface area contributed by atoms with Crippen molar-refractivity contribution in [1.29, 1.82) is 0 Å². The second-order valence-electron chi connectivity index (χ2n) is 5.93. The Morgan fingerprint density at radius 1 is 0.615 bits per heavy atom. The summed E-state index contributed by atoms with van der Waals surface area (Å²) in [5, 5.41) is 4.08. The third kappa shape index (κ3) is 2.47. The molecule has 0 amide bonds. The predicted octanol–water partition coefficient (Wildman–Crippen LogP) is 6.00. The number of fused-ring (bicyclic) bond motifs is 6. The zero-order valence-corrected chi connectivity index (χ0v) is 16.1. The van der Waals surface area contributed by atoms with Gasteiger partial charge < -0.3 is 0 Å². The van der Waals surface area contributed by atoms with Crippen LogP contribution in [-0.2, 0) is 13.6 Å². The molecule has 0 bridgehead atoms. The topological polar surface area (TPSA) is 46.2 Å². The summed E-state index contributed by atoms with van der Waals surface area (Å²) in [7, 11) is -4.22. The molecule has 0 N–H and O–H groups in total. The van der Waals surface area contributed by atoms with Crippen molar-refractivity contribution in [1.82, 2.24) is 0 Å². The van der Waals surface area contributed by atoms with E-state index in [2.05, 4.69) is 12.1 Å². The van der Waals surface area contributed by atoms with Crippen LogP contribution < -0.4 is 9.05 Å². The molecule has 0 saturated carbocycles. The third-order valence-electron chi connectivity index (χ3n) is 4.34. The van der Waals surface area contributed by atoms with Crippen LogP contribution in [0.4, 0.5) is 0 Å². The maximum atomic E-state index is 6.37. The normalized spacial score (nSPS) is 18.7. The van der Waals surface area contributed by atoms with E-state index in [9.17, 15) is 0 Å². The monoisotopic (exact) mass is 374 g/mol. The van der Waals surface area contributed by atoms with E-state index in [0.29, 0.717) is 31.3 Å². The minimum atomic E-state index is -4.22. The molecule has 0 atom stereocenters. The van der Waals surface area contributed by atoms with Crippen LogP contribution in [0.25, 0.3) is 21.5 Å². The molecule has 1 heterocycles. The van der Waals surface area contributed by atoms with Crippen LogP contribution >= 0.6 is 7.74 Å². The van der Waals surface area contributed by atoms with Gasteiger partial charge in [0.15, 0.2) is 0 Å². The molecule has 0 aliphatic carbocycles. The molecule has 3 aromatic rings. The first-order valence-electron chi connectivity index (χ1n) is 8.96. The Morgan fingerprint density at radius 2 is 0.962 bits per heavy atom. The first kappa shape index (κ1) is 17.5. The fraction of sp³-hybridized carbons (Fsp3) is 0.300. The van der Waals surface area contributed by atoms with Crippen LogP contribution in [-0.4, -0.2) is 19.8 Å². The quantitative estimate of drug-likeness (QED) is 0.391. The van der Waals surface area contributed by atoms with Crippen molar-refractivity contribution < 1.29 is 22.6 Å². The molecule has 5 nitrogen and oxygen atoms in total.